The zero-order chi connectivity index (χ0) is 21.6. The van der Waals surface area contributed by atoms with Crippen molar-refractivity contribution < 1.29 is 17.6 Å². The molecule has 0 radical (unpaired) electrons. The second-order valence-electron chi connectivity index (χ2n) is 7.28. The number of sulfonamides is 1. The molecule has 6 nitrogen and oxygen atoms in total. The Bertz CT molecular complexity index is 1250. The molecule has 1 aliphatic rings. The molecule has 0 unspecified atom stereocenters. The van der Waals surface area contributed by atoms with E-state index in [-0.39, 0.29) is 10.8 Å². The molecule has 0 bridgehead atoms. The molecule has 0 atom stereocenters. The van der Waals surface area contributed by atoms with Crippen molar-refractivity contribution in [3.05, 3.63) is 57.8 Å². The number of fused-ring (bicyclic) bond motifs is 2. The lowest BCUT2D eigenvalue weighted by Gasteiger charge is -2.20. The molecule has 3 aromatic rings. The van der Waals surface area contributed by atoms with Crippen molar-refractivity contribution in [3.8, 4) is 0 Å². The van der Waals surface area contributed by atoms with E-state index >= 15 is 0 Å². The molecule has 8 heteroatoms. The van der Waals surface area contributed by atoms with Crippen LogP contribution in [0.1, 0.15) is 35.5 Å². The Morgan fingerprint density at radius 2 is 1.90 bits per heavy atom. The summed E-state index contributed by atoms with van der Waals surface area (Å²) in [4.78, 5) is 15.2. The SMILES string of the molecule is CCN(CC)S(=O)(=O)c1ccc2c(c1)CCN2C(=O)c1oc2ccc(Br)cc2c1C. The van der Waals surface area contributed by atoms with Gasteiger partial charge in [0.05, 0.1) is 4.90 Å². The van der Waals surface area contributed by atoms with Crippen molar-refractivity contribution in [3.63, 3.8) is 0 Å². The molecule has 158 valence electrons. The highest BCUT2D eigenvalue weighted by Crippen LogP contribution is 2.35. The standard InChI is InChI=1S/C22H23BrN2O4S/c1-4-24(5-2)30(27,28)17-7-8-19-15(12-17)10-11-25(19)22(26)21-14(3)18-13-16(23)6-9-20(18)29-21/h6-9,12-13H,4-5,10-11H2,1-3H3. The zero-order valence-electron chi connectivity index (χ0n) is 17.1. The minimum Gasteiger partial charge on any atom is -0.451 e. The van der Waals surface area contributed by atoms with Gasteiger partial charge in [0, 0.05) is 40.7 Å². The van der Waals surface area contributed by atoms with Crippen LogP contribution in [0.4, 0.5) is 5.69 Å². The molecule has 2 heterocycles. The van der Waals surface area contributed by atoms with Gasteiger partial charge in [0.15, 0.2) is 5.76 Å². The van der Waals surface area contributed by atoms with Gasteiger partial charge in [-0.25, -0.2) is 8.42 Å². The molecule has 0 saturated heterocycles. The first-order chi connectivity index (χ1) is 14.3. The van der Waals surface area contributed by atoms with Gasteiger partial charge in [-0.1, -0.05) is 29.8 Å². The van der Waals surface area contributed by atoms with E-state index in [0.29, 0.717) is 37.4 Å². The number of benzene rings is 2. The number of furan rings is 1. The van der Waals surface area contributed by atoms with Crippen LogP contribution in [-0.2, 0) is 16.4 Å². The monoisotopic (exact) mass is 490 g/mol. The highest BCUT2D eigenvalue weighted by Gasteiger charge is 2.31. The van der Waals surface area contributed by atoms with E-state index in [1.54, 1.807) is 23.1 Å². The van der Waals surface area contributed by atoms with Gasteiger partial charge >= 0.3 is 0 Å². The summed E-state index contributed by atoms with van der Waals surface area (Å²) in [5.41, 5.74) is 3.05. The molecule has 0 saturated carbocycles. The molecule has 30 heavy (non-hydrogen) atoms. The third-order valence-electron chi connectivity index (χ3n) is 5.63. The van der Waals surface area contributed by atoms with Crippen LogP contribution in [0.15, 0.2) is 50.2 Å². The smallest absolute Gasteiger partial charge is 0.294 e. The molecule has 0 aliphatic carbocycles. The topological polar surface area (TPSA) is 70.8 Å². The summed E-state index contributed by atoms with van der Waals surface area (Å²) in [5.74, 6) is 0.105. The third-order valence-corrected chi connectivity index (χ3v) is 8.17. The number of halogens is 1. The highest BCUT2D eigenvalue weighted by atomic mass is 79.9. The third kappa shape index (κ3) is 3.36. The van der Waals surface area contributed by atoms with Crippen molar-refractivity contribution in [2.24, 2.45) is 0 Å². The number of hydrogen-bond acceptors (Lipinski definition) is 4. The quantitative estimate of drug-likeness (QED) is 0.517. The van der Waals surface area contributed by atoms with E-state index < -0.39 is 10.0 Å². The fourth-order valence-electron chi connectivity index (χ4n) is 3.98. The Hall–Kier alpha value is -2.16. The second kappa shape index (κ2) is 7.83. The maximum atomic E-state index is 13.3. The summed E-state index contributed by atoms with van der Waals surface area (Å²) in [6, 6.07) is 10.7. The van der Waals surface area contributed by atoms with Gasteiger partial charge in [-0.2, -0.15) is 4.31 Å². The molecule has 1 aromatic heterocycles. The summed E-state index contributed by atoms with van der Waals surface area (Å²) in [7, 11) is -3.53. The lowest BCUT2D eigenvalue weighted by atomic mass is 10.1. The summed E-state index contributed by atoms with van der Waals surface area (Å²) >= 11 is 3.45. The molecule has 2 aromatic carbocycles. The van der Waals surface area contributed by atoms with E-state index in [1.807, 2.05) is 39.0 Å². The van der Waals surface area contributed by atoms with E-state index in [2.05, 4.69) is 15.9 Å². The number of hydrogen-bond donors (Lipinski definition) is 0. The molecule has 0 N–H and O–H groups in total. The second-order valence-corrected chi connectivity index (χ2v) is 10.1. The minimum absolute atomic E-state index is 0.210. The Balaban J connectivity index is 1.69. The maximum absolute atomic E-state index is 13.3. The number of carbonyl (C=O) groups is 1. The van der Waals surface area contributed by atoms with Crippen LogP contribution in [0.2, 0.25) is 0 Å². The number of aryl methyl sites for hydroxylation is 1. The number of carbonyl (C=O) groups excluding carboxylic acids is 1. The predicted molar refractivity (Wildman–Crippen MR) is 121 cm³/mol. The van der Waals surface area contributed by atoms with Gasteiger partial charge in [0.25, 0.3) is 5.91 Å². The van der Waals surface area contributed by atoms with Crippen LogP contribution >= 0.6 is 15.9 Å². The minimum atomic E-state index is -3.53. The van der Waals surface area contributed by atoms with E-state index in [1.165, 1.54) is 4.31 Å². The van der Waals surface area contributed by atoms with Gasteiger partial charge in [-0.3, -0.25) is 4.79 Å². The van der Waals surface area contributed by atoms with Gasteiger partial charge in [-0.05, 0) is 55.3 Å². The molecule has 4 rings (SSSR count). The molecule has 0 spiro atoms. The summed E-state index contributed by atoms with van der Waals surface area (Å²) < 4.78 is 33.9. The van der Waals surface area contributed by atoms with Crippen molar-refractivity contribution in [1.29, 1.82) is 0 Å². The van der Waals surface area contributed by atoms with Crippen molar-refractivity contribution in [2.75, 3.05) is 24.5 Å². The summed E-state index contributed by atoms with van der Waals surface area (Å²) in [6.45, 7) is 6.85. The van der Waals surface area contributed by atoms with Crippen LogP contribution in [0.5, 0.6) is 0 Å². The molecule has 0 fully saturated rings. The predicted octanol–water partition coefficient (Wildman–Crippen LogP) is 4.74. The maximum Gasteiger partial charge on any atom is 0.294 e. The normalized spacial score (nSPS) is 14.0. The summed E-state index contributed by atoms with van der Waals surface area (Å²) in [5, 5.41) is 0.896. The first-order valence-corrected chi connectivity index (χ1v) is 12.1. The van der Waals surface area contributed by atoms with Crippen LogP contribution in [-0.4, -0.2) is 38.3 Å². The Kier molecular flexibility index (Phi) is 5.50. The number of rotatable bonds is 5. The highest BCUT2D eigenvalue weighted by molar-refractivity contribution is 9.10. The molecule has 1 aliphatic heterocycles. The van der Waals surface area contributed by atoms with Gasteiger partial charge in [-0.15, -0.1) is 0 Å². The first kappa shape index (κ1) is 21.1. The molecular weight excluding hydrogens is 468 g/mol. The van der Waals surface area contributed by atoms with E-state index in [4.69, 9.17) is 4.42 Å². The fraction of sp³-hybridized carbons (Fsp3) is 0.318. The van der Waals surface area contributed by atoms with Crippen molar-refractivity contribution in [2.45, 2.75) is 32.1 Å². The lowest BCUT2D eigenvalue weighted by Crippen LogP contribution is -2.30. The van der Waals surface area contributed by atoms with Crippen LogP contribution in [0.3, 0.4) is 0 Å². The average Bonchev–Trinajstić information content (AvgIpc) is 3.29. The summed E-state index contributed by atoms with van der Waals surface area (Å²) in [6.07, 6.45) is 0.605. The largest absolute Gasteiger partial charge is 0.451 e. The Morgan fingerprint density at radius 3 is 2.60 bits per heavy atom. The van der Waals surface area contributed by atoms with E-state index in [9.17, 15) is 13.2 Å². The van der Waals surface area contributed by atoms with Crippen LogP contribution in [0, 0.1) is 6.92 Å². The number of anilines is 1. The molecule has 1 amide bonds. The van der Waals surface area contributed by atoms with E-state index in [0.717, 1.165) is 26.7 Å². The van der Waals surface area contributed by atoms with Gasteiger partial charge in [0.1, 0.15) is 5.58 Å². The first-order valence-electron chi connectivity index (χ1n) is 9.91. The van der Waals surface area contributed by atoms with Gasteiger partial charge in [0.2, 0.25) is 10.0 Å². The van der Waals surface area contributed by atoms with Crippen LogP contribution in [0.25, 0.3) is 11.0 Å². The molecular formula is C22H23BrN2O4S. The number of amides is 1. The Morgan fingerprint density at radius 1 is 1.17 bits per heavy atom. The van der Waals surface area contributed by atoms with Crippen LogP contribution < -0.4 is 4.90 Å². The zero-order valence-corrected chi connectivity index (χ0v) is 19.5. The fourth-order valence-corrected chi connectivity index (χ4v) is 5.85. The lowest BCUT2D eigenvalue weighted by molar-refractivity contribution is 0.0964. The van der Waals surface area contributed by atoms with Crippen molar-refractivity contribution in [1.82, 2.24) is 4.31 Å². The van der Waals surface area contributed by atoms with Gasteiger partial charge < -0.3 is 9.32 Å². The Labute approximate surface area is 184 Å². The average molecular weight is 491 g/mol. The number of nitrogens with zero attached hydrogens (tertiary/aromatic N) is 2. The van der Waals surface area contributed by atoms with Crippen molar-refractivity contribution >= 4 is 48.5 Å².